The molecule has 0 aliphatic heterocycles. The van der Waals surface area contributed by atoms with Gasteiger partial charge in [0.2, 0.25) is 0 Å². The SMILES string of the molecule is C#C/C(=C\C=C(/C)n1c2ccccc2c2cc(N(c3ccc4c(c3)C(CCOCCOCC)(CCOCCOCC)c3ccccc3-4)c3ccc4c(c3)c3ccccc3n4-c3ccc(OCCOCCOCC)cc3)ccc21)OCCOCCOCC. The van der Waals surface area contributed by atoms with Crippen molar-refractivity contribution in [1.29, 1.82) is 0 Å². The van der Waals surface area contributed by atoms with Crippen LogP contribution in [0.4, 0.5) is 17.1 Å². The Labute approximate surface area is 512 Å². The molecule has 0 spiro atoms. The molecule has 0 fully saturated rings. The van der Waals surface area contributed by atoms with Crippen molar-refractivity contribution in [2.45, 2.75) is 52.9 Å². The van der Waals surface area contributed by atoms with Gasteiger partial charge in [-0.1, -0.05) is 66.7 Å². The van der Waals surface area contributed by atoms with Crippen LogP contribution in [0.3, 0.4) is 0 Å². The number of fused-ring (bicyclic) bond motifs is 9. The van der Waals surface area contributed by atoms with Crippen LogP contribution in [0, 0.1) is 12.3 Å². The standard InChI is InChI=1S/C74H83N3O10/c1-7-60(86-50-48-84-46-42-80-10-4)30-24-55(6)75-70-22-16-13-19-64(70)66-52-57(28-34-72(66)75)76(58-29-35-73-67(53-58)65-20-14-17-23-71(65)77(73)56-25-31-61(32-26-56)87-51-49-85-47-43-81-11-5)59-27-33-63-62-18-12-15-21-68(62)74(69(63)54-59,36-38-82-44-40-78-8-2)37-39-83-45-41-79-9-3/h1,12-35,52-54H,8-11,36-51H2,2-6H3/b55-24+,60-30+. The summed E-state index contributed by atoms with van der Waals surface area (Å²) in [5.74, 6) is 3.93. The van der Waals surface area contributed by atoms with E-state index in [4.69, 9.17) is 53.8 Å². The Bertz CT molecular complexity index is 3780. The van der Waals surface area contributed by atoms with E-state index in [-0.39, 0.29) is 0 Å². The molecule has 9 aromatic rings. The van der Waals surface area contributed by atoms with Crippen LogP contribution in [0.2, 0.25) is 0 Å². The molecule has 1 aliphatic rings. The second-order valence-corrected chi connectivity index (χ2v) is 21.2. The van der Waals surface area contributed by atoms with Crippen LogP contribution in [-0.2, 0) is 48.0 Å². The number of aromatic nitrogens is 2. The molecule has 2 aromatic heterocycles. The number of hydrogen-bond donors (Lipinski definition) is 0. The molecule has 13 heteroatoms. The molecule has 0 radical (unpaired) electrons. The molecule has 87 heavy (non-hydrogen) atoms. The highest BCUT2D eigenvalue weighted by molar-refractivity contribution is 6.13. The lowest BCUT2D eigenvalue weighted by Gasteiger charge is -2.34. The summed E-state index contributed by atoms with van der Waals surface area (Å²) in [5, 5.41) is 4.51. The quantitative estimate of drug-likeness (QED) is 0.0162. The van der Waals surface area contributed by atoms with Crippen LogP contribution < -0.4 is 9.64 Å². The third kappa shape index (κ3) is 14.5. The number of para-hydroxylation sites is 2. The number of rotatable bonds is 36. The maximum atomic E-state index is 6.39. The van der Waals surface area contributed by atoms with Gasteiger partial charge in [0.15, 0.2) is 5.76 Å². The van der Waals surface area contributed by atoms with E-state index in [1.807, 2.05) is 52.0 Å². The number of ether oxygens (including phenoxy) is 10. The van der Waals surface area contributed by atoms with E-state index in [0.29, 0.717) is 125 Å². The van der Waals surface area contributed by atoms with Crippen molar-refractivity contribution < 1.29 is 47.4 Å². The molecule has 7 aromatic carbocycles. The predicted molar refractivity (Wildman–Crippen MR) is 351 cm³/mol. The summed E-state index contributed by atoms with van der Waals surface area (Å²) in [7, 11) is 0. The lowest BCUT2D eigenvalue weighted by molar-refractivity contribution is 0.0320. The van der Waals surface area contributed by atoms with Crippen LogP contribution >= 0.6 is 0 Å². The average molecular weight is 1170 g/mol. The van der Waals surface area contributed by atoms with E-state index < -0.39 is 5.41 Å². The Morgan fingerprint density at radius 2 is 0.920 bits per heavy atom. The van der Waals surface area contributed by atoms with Gasteiger partial charge in [0.25, 0.3) is 0 Å². The van der Waals surface area contributed by atoms with E-state index in [1.54, 1.807) is 0 Å². The Hall–Kier alpha value is -7.74. The minimum atomic E-state index is -0.419. The largest absolute Gasteiger partial charge is 0.491 e. The minimum absolute atomic E-state index is 0.334. The second kappa shape index (κ2) is 31.3. The topological polar surface area (TPSA) is 105 Å². The molecule has 0 unspecified atom stereocenters. The van der Waals surface area contributed by atoms with Gasteiger partial charge in [0, 0.05) is 95.0 Å². The van der Waals surface area contributed by atoms with Crippen LogP contribution in [0.1, 0.15) is 58.6 Å². The Balaban J connectivity index is 1.08. The smallest absolute Gasteiger partial charge is 0.169 e. The van der Waals surface area contributed by atoms with E-state index >= 15 is 0 Å². The molecule has 0 bridgehead atoms. The van der Waals surface area contributed by atoms with Crippen LogP contribution in [0.5, 0.6) is 5.75 Å². The molecule has 1 aliphatic carbocycles. The fourth-order valence-electron chi connectivity index (χ4n) is 12.0. The maximum Gasteiger partial charge on any atom is 0.169 e. The summed E-state index contributed by atoms with van der Waals surface area (Å²) >= 11 is 0. The highest BCUT2D eigenvalue weighted by Crippen LogP contribution is 2.55. The van der Waals surface area contributed by atoms with E-state index in [9.17, 15) is 0 Å². The third-order valence-electron chi connectivity index (χ3n) is 16.0. The fraction of sp³-hybridized carbons (Fsp3) is 0.351. The predicted octanol–water partition coefficient (Wildman–Crippen LogP) is 15.4. The van der Waals surface area contributed by atoms with Crippen molar-refractivity contribution in [3.8, 4) is 34.9 Å². The first-order chi connectivity index (χ1) is 42.9. The average Bonchev–Trinajstić information content (AvgIpc) is 1.91. The van der Waals surface area contributed by atoms with Crippen molar-refractivity contribution in [2.24, 2.45) is 0 Å². The van der Waals surface area contributed by atoms with Crippen molar-refractivity contribution in [3.05, 3.63) is 181 Å². The summed E-state index contributed by atoms with van der Waals surface area (Å²) in [5.41, 5.74) is 14.0. The van der Waals surface area contributed by atoms with Gasteiger partial charge in [-0.25, -0.2) is 0 Å². The monoisotopic (exact) mass is 1170 g/mol. The molecule has 454 valence electrons. The molecular weight excluding hydrogens is 1090 g/mol. The van der Waals surface area contributed by atoms with Gasteiger partial charge in [-0.15, -0.1) is 6.42 Å². The summed E-state index contributed by atoms with van der Waals surface area (Å²) in [6.07, 6.45) is 11.4. The van der Waals surface area contributed by atoms with Gasteiger partial charge in [0.1, 0.15) is 19.0 Å². The van der Waals surface area contributed by atoms with Crippen LogP contribution in [-0.4, -0.2) is 128 Å². The number of allylic oxidation sites excluding steroid dienone is 4. The first kappa shape index (κ1) is 62.3. The normalized spacial score (nSPS) is 13.0. The molecule has 0 N–H and O–H groups in total. The zero-order valence-electron chi connectivity index (χ0n) is 51.2. The van der Waals surface area contributed by atoms with Gasteiger partial charge in [-0.05, 0) is 173 Å². The van der Waals surface area contributed by atoms with Crippen molar-refractivity contribution in [1.82, 2.24) is 9.13 Å². The van der Waals surface area contributed by atoms with Gasteiger partial charge >= 0.3 is 0 Å². The lowest BCUT2D eigenvalue weighted by Crippen LogP contribution is -2.30. The minimum Gasteiger partial charge on any atom is -0.491 e. The molecule has 0 saturated heterocycles. The second-order valence-electron chi connectivity index (χ2n) is 21.2. The third-order valence-corrected chi connectivity index (χ3v) is 16.0. The van der Waals surface area contributed by atoms with Gasteiger partial charge in [0.05, 0.1) is 88.1 Å². The van der Waals surface area contributed by atoms with Gasteiger partial charge in [-0.2, -0.15) is 0 Å². The molecule has 0 amide bonds. The number of hydrogen-bond acceptors (Lipinski definition) is 11. The Morgan fingerprint density at radius 3 is 1.55 bits per heavy atom. The maximum absolute atomic E-state index is 6.39. The summed E-state index contributed by atoms with van der Waals surface area (Å²) < 4.78 is 63.1. The summed E-state index contributed by atoms with van der Waals surface area (Å²) in [6.45, 7) is 19.8. The van der Waals surface area contributed by atoms with Crippen molar-refractivity contribution >= 4 is 66.4 Å². The first-order valence-electron chi connectivity index (χ1n) is 30.9. The lowest BCUT2D eigenvalue weighted by atomic mass is 9.73. The molecule has 2 heterocycles. The molecular formula is C74H83N3O10. The zero-order chi connectivity index (χ0) is 60.2. The number of terminal acetylenes is 1. The van der Waals surface area contributed by atoms with Gasteiger partial charge < -0.3 is 61.4 Å². The molecule has 0 atom stereocenters. The molecule has 10 rings (SSSR count). The number of nitrogens with zero attached hydrogens (tertiary/aromatic N) is 3. The fourth-order valence-corrected chi connectivity index (χ4v) is 12.0. The van der Waals surface area contributed by atoms with E-state index in [2.05, 4.69) is 166 Å². The highest BCUT2D eigenvalue weighted by atomic mass is 16.6. The first-order valence-corrected chi connectivity index (χ1v) is 30.9. The van der Waals surface area contributed by atoms with Crippen molar-refractivity contribution in [3.63, 3.8) is 0 Å². The Kier molecular flexibility index (Phi) is 22.4. The Morgan fingerprint density at radius 1 is 0.448 bits per heavy atom. The van der Waals surface area contributed by atoms with Crippen molar-refractivity contribution in [2.75, 3.05) is 124 Å². The molecule has 13 nitrogen and oxygen atoms in total. The van der Waals surface area contributed by atoms with E-state index in [0.717, 1.165) is 90.6 Å². The summed E-state index contributed by atoms with van der Waals surface area (Å²) in [6, 6.07) is 55.2. The van der Waals surface area contributed by atoms with E-state index in [1.165, 1.54) is 22.3 Å². The number of anilines is 3. The highest BCUT2D eigenvalue weighted by Gasteiger charge is 2.43. The number of benzene rings is 7. The van der Waals surface area contributed by atoms with Gasteiger partial charge in [-0.3, -0.25) is 0 Å². The van der Waals surface area contributed by atoms with Crippen LogP contribution in [0.15, 0.2) is 170 Å². The zero-order valence-corrected chi connectivity index (χ0v) is 51.2. The summed E-state index contributed by atoms with van der Waals surface area (Å²) in [4.78, 5) is 2.43. The molecule has 0 saturated carbocycles. The van der Waals surface area contributed by atoms with Crippen LogP contribution in [0.25, 0.3) is 66.1 Å².